The van der Waals surface area contributed by atoms with E-state index < -0.39 is 5.41 Å². The number of nitrogens with zero attached hydrogens (tertiary/aromatic N) is 1. The maximum absolute atomic E-state index is 2.55. The number of hydrogen-bond acceptors (Lipinski definition) is 1. The van der Waals surface area contributed by atoms with E-state index in [4.69, 9.17) is 0 Å². The van der Waals surface area contributed by atoms with Crippen molar-refractivity contribution in [3.05, 3.63) is 257 Å². The van der Waals surface area contributed by atoms with E-state index in [9.17, 15) is 0 Å². The summed E-state index contributed by atoms with van der Waals surface area (Å²) >= 11 is 0. The normalized spacial score (nSPS) is 15.3. The number of rotatable bonds is 4. The second-order valence-electron chi connectivity index (χ2n) is 20.0. The zero-order valence-electron chi connectivity index (χ0n) is 37.7. The Kier molecular flexibility index (Phi) is 7.51. The van der Waals surface area contributed by atoms with E-state index in [2.05, 4.69) is 245 Å². The van der Waals surface area contributed by atoms with Crippen molar-refractivity contribution < 1.29 is 0 Å². The van der Waals surface area contributed by atoms with Crippen molar-refractivity contribution in [1.29, 1.82) is 0 Å². The van der Waals surface area contributed by atoms with Gasteiger partial charge < -0.3 is 4.90 Å². The van der Waals surface area contributed by atoms with E-state index in [-0.39, 0.29) is 10.8 Å². The lowest BCUT2D eigenvalue weighted by molar-refractivity contribution is 0.660. The maximum atomic E-state index is 2.55. The summed E-state index contributed by atoms with van der Waals surface area (Å²) in [7, 11) is 0. The first kappa shape index (κ1) is 37.6. The molecule has 0 unspecified atom stereocenters. The first-order valence-corrected chi connectivity index (χ1v) is 23.5. The Labute approximate surface area is 387 Å². The van der Waals surface area contributed by atoms with Gasteiger partial charge in [-0.05, 0) is 153 Å². The van der Waals surface area contributed by atoms with Gasteiger partial charge in [0.15, 0.2) is 0 Å². The highest BCUT2D eigenvalue weighted by molar-refractivity contribution is 6.05. The maximum Gasteiger partial charge on any atom is 0.0726 e. The third-order valence-corrected chi connectivity index (χ3v) is 16.0. The summed E-state index contributed by atoms with van der Waals surface area (Å²) < 4.78 is 0. The average molecular weight is 842 g/mol. The quantitative estimate of drug-likeness (QED) is 0.171. The van der Waals surface area contributed by atoms with Crippen molar-refractivity contribution in [2.45, 2.75) is 43.9 Å². The number of fused-ring (bicyclic) bond motifs is 18. The van der Waals surface area contributed by atoms with Gasteiger partial charge in [-0.25, -0.2) is 0 Å². The van der Waals surface area contributed by atoms with E-state index >= 15 is 0 Å². The van der Waals surface area contributed by atoms with Crippen LogP contribution in [0.3, 0.4) is 0 Å². The molecule has 1 nitrogen and oxygen atoms in total. The molecule has 312 valence electrons. The summed E-state index contributed by atoms with van der Waals surface area (Å²) in [6.45, 7) is 9.66. The molecule has 0 aromatic heterocycles. The summed E-state index contributed by atoms with van der Waals surface area (Å²) in [6, 6.07) is 80.6. The van der Waals surface area contributed by atoms with Crippen LogP contribution in [0.4, 0.5) is 17.1 Å². The van der Waals surface area contributed by atoms with E-state index in [1.807, 2.05) is 0 Å². The minimum absolute atomic E-state index is 0.148. The van der Waals surface area contributed by atoms with Crippen LogP contribution in [-0.2, 0) is 16.2 Å². The van der Waals surface area contributed by atoms with Gasteiger partial charge in [-0.1, -0.05) is 198 Å². The molecule has 4 aliphatic rings. The predicted octanol–water partition coefficient (Wildman–Crippen LogP) is 16.9. The van der Waals surface area contributed by atoms with Crippen molar-refractivity contribution in [3.8, 4) is 55.6 Å². The van der Waals surface area contributed by atoms with Gasteiger partial charge in [-0.2, -0.15) is 0 Å². The monoisotopic (exact) mass is 841 g/mol. The van der Waals surface area contributed by atoms with Crippen molar-refractivity contribution in [2.24, 2.45) is 0 Å². The minimum Gasteiger partial charge on any atom is -0.310 e. The second kappa shape index (κ2) is 13.2. The van der Waals surface area contributed by atoms with E-state index in [0.29, 0.717) is 0 Å². The Bertz CT molecular complexity index is 3650. The highest BCUT2D eigenvalue weighted by atomic mass is 15.1. The number of hydrogen-bond donors (Lipinski definition) is 0. The Balaban J connectivity index is 1.03. The molecule has 0 amide bonds. The highest BCUT2D eigenvalue weighted by Gasteiger charge is 2.52. The SMILES string of the molecule is CC1(C)c2ccccc2-c2ccc(N(c3ccc4c(c3)C(C)(C)c3c-4c(-c4ccccc4)cc4ccccc34)c3ccc4c(c3)C3(c5ccccc5-c5ccccc53)c3ccccc3-4)cc21. The topological polar surface area (TPSA) is 3.24 Å². The first-order valence-electron chi connectivity index (χ1n) is 23.5. The second-order valence-corrected chi connectivity index (χ2v) is 20.0. The van der Waals surface area contributed by atoms with Crippen LogP contribution in [0.25, 0.3) is 66.4 Å². The molecule has 0 bridgehead atoms. The minimum atomic E-state index is -0.446. The average Bonchev–Trinajstić information content (AvgIpc) is 3.99. The molecule has 0 heterocycles. The number of benzene rings is 10. The third-order valence-electron chi connectivity index (χ3n) is 16.0. The molecule has 10 aromatic rings. The van der Waals surface area contributed by atoms with E-state index in [0.717, 1.165) is 17.1 Å². The molecule has 0 radical (unpaired) electrons. The zero-order chi connectivity index (χ0) is 44.1. The number of anilines is 3. The molecule has 66 heavy (non-hydrogen) atoms. The van der Waals surface area contributed by atoms with Crippen LogP contribution in [0.5, 0.6) is 0 Å². The largest absolute Gasteiger partial charge is 0.310 e. The molecule has 0 N–H and O–H groups in total. The lowest BCUT2D eigenvalue weighted by atomic mass is 9.70. The third kappa shape index (κ3) is 4.75. The van der Waals surface area contributed by atoms with Gasteiger partial charge in [0.25, 0.3) is 0 Å². The van der Waals surface area contributed by atoms with Gasteiger partial charge in [-0.3, -0.25) is 0 Å². The molecule has 0 aliphatic heterocycles. The fourth-order valence-corrected chi connectivity index (χ4v) is 13.2. The molecular formula is C65H47N. The summed E-state index contributed by atoms with van der Waals surface area (Å²) in [6.07, 6.45) is 0. The predicted molar refractivity (Wildman–Crippen MR) is 275 cm³/mol. The highest BCUT2D eigenvalue weighted by Crippen LogP contribution is 2.64. The van der Waals surface area contributed by atoms with Crippen molar-refractivity contribution in [3.63, 3.8) is 0 Å². The van der Waals surface area contributed by atoms with E-state index in [1.54, 1.807) is 0 Å². The van der Waals surface area contributed by atoms with Gasteiger partial charge in [0.2, 0.25) is 0 Å². The van der Waals surface area contributed by atoms with Crippen LogP contribution in [-0.4, -0.2) is 0 Å². The summed E-state index contributed by atoms with van der Waals surface area (Å²) in [5.74, 6) is 0. The molecule has 1 heteroatoms. The van der Waals surface area contributed by atoms with Gasteiger partial charge in [-0.15, -0.1) is 0 Å². The van der Waals surface area contributed by atoms with Crippen LogP contribution < -0.4 is 4.90 Å². The van der Waals surface area contributed by atoms with E-state index in [1.165, 1.54) is 111 Å². The van der Waals surface area contributed by atoms with Crippen molar-refractivity contribution in [2.75, 3.05) is 4.90 Å². The standard InChI is InChI=1S/C65H47N/c1-63(2)54-26-14-10-22-46(54)50-33-30-42(37-58(50)63)66(43-32-35-52-59(38-43)64(3,4)62-45-21-9-8-20-41(45)36-53(61(52)62)40-18-6-5-7-19-40)44-31-34-51-49-25-13-17-29-57(49)65(60(51)39-44)55-27-15-11-23-47(55)48-24-12-16-28-56(48)65/h5-39H,1-4H3. The van der Waals surface area contributed by atoms with Gasteiger partial charge in [0, 0.05) is 27.9 Å². The van der Waals surface area contributed by atoms with Gasteiger partial charge in [0.05, 0.1) is 5.41 Å². The smallest absolute Gasteiger partial charge is 0.0726 e. The Morgan fingerprint density at radius 3 is 1.32 bits per heavy atom. The van der Waals surface area contributed by atoms with Gasteiger partial charge in [0.1, 0.15) is 0 Å². The van der Waals surface area contributed by atoms with Gasteiger partial charge >= 0.3 is 0 Å². The lowest BCUT2D eigenvalue weighted by Crippen LogP contribution is -2.26. The molecule has 0 saturated heterocycles. The molecule has 4 aliphatic carbocycles. The summed E-state index contributed by atoms with van der Waals surface area (Å²) in [5, 5.41) is 2.61. The molecule has 0 fully saturated rings. The van der Waals surface area contributed by atoms with Crippen molar-refractivity contribution in [1.82, 2.24) is 0 Å². The lowest BCUT2D eigenvalue weighted by Gasteiger charge is -2.33. The summed E-state index contributed by atoms with van der Waals surface area (Å²) in [4.78, 5) is 2.55. The molecule has 10 aromatic carbocycles. The first-order chi connectivity index (χ1) is 32.3. The van der Waals surface area contributed by atoms with Crippen LogP contribution in [0, 0.1) is 0 Å². The van der Waals surface area contributed by atoms with Crippen LogP contribution in [0.1, 0.15) is 72.2 Å². The zero-order valence-corrected chi connectivity index (χ0v) is 37.7. The Hall–Kier alpha value is -7.74. The van der Waals surface area contributed by atoms with Crippen LogP contribution in [0.15, 0.2) is 212 Å². The van der Waals surface area contributed by atoms with Crippen molar-refractivity contribution >= 4 is 27.8 Å². The molecule has 0 saturated carbocycles. The molecule has 1 spiro atoms. The molecule has 0 atom stereocenters. The Morgan fingerprint density at radius 2 is 0.727 bits per heavy atom. The fraction of sp³-hybridized carbons (Fsp3) is 0.108. The fourth-order valence-electron chi connectivity index (χ4n) is 13.2. The summed E-state index contributed by atoms with van der Waals surface area (Å²) in [5.41, 5.74) is 26.7. The van der Waals surface area contributed by atoms with Crippen LogP contribution in [0.2, 0.25) is 0 Å². The molecular weight excluding hydrogens is 795 g/mol. The van der Waals surface area contributed by atoms with Crippen LogP contribution >= 0.6 is 0 Å². The molecule has 14 rings (SSSR count). The Morgan fingerprint density at radius 1 is 0.303 bits per heavy atom.